The molecule has 82 valence electrons. The van der Waals surface area contributed by atoms with Crippen molar-refractivity contribution in [2.45, 2.75) is 6.61 Å². The topological polar surface area (TPSA) is 44.1 Å². The van der Waals surface area contributed by atoms with Crippen molar-refractivity contribution in [1.82, 2.24) is 9.78 Å². The summed E-state index contributed by atoms with van der Waals surface area (Å²) in [5, 5.41) is 4.19. The standard InChI is InChI=1S/C12H12N2O2/c1-14-6-5-11(13-14)9-16-12-4-2-3-10(7-12)8-15/h2-8H,9H2,1H3. The molecule has 0 bridgehead atoms. The van der Waals surface area contributed by atoms with Crippen molar-refractivity contribution in [3.8, 4) is 5.75 Å². The number of carbonyl (C=O) groups excluding carboxylic acids is 1. The maximum Gasteiger partial charge on any atom is 0.150 e. The van der Waals surface area contributed by atoms with Gasteiger partial charge >= 0.3 is 0 Å². The van der Waals surface area contributed by atoms with Crippen molar-refractivity contribution >= 4 is 6.29 Å². The van der Waals surface area contributed by atoms with Crippen LogP contribution in [-0.2, 0) is 13.7 Å². The van der Waals surface area contributed by atoms with Gasteiger partial charge in [0.05, 0.1) is 5.69 Å². The highest BCUT2D eigenvalue weighted by molar-refractivity contribution is 5.75. The number of aromatic nitrogens is 2. The number of hydrogen-bond acceptors (Lipinski definition) is 3. The van der Waals surface area contributed by atoms with E-state index in [1.54, 1.807) is 22.9 Å². The summed E-state index contributed by atoms with van der Waals surface area (Å²) in [6.07, 6.45) is 2.66. The quantitative estimate of drug-likeness (QED) is 0.732. The molecule has 0 unspecified atom stereocenters. The summed E-state index contributed by atoms with van der Waals surface area (Å²) in [4.78, 5) is 10.6. The second-order valence-corrected chi connectivity index (χ2v) is 3.46. The van der Waals surface area contributed by atoms with E-state index >= 15 is 0 Å². The van der Waals surface area contributed by atoms with Crippen LogP contribution in [0, 0.1) is 0 Å². The van der Waals surface area contributed by atoms with Crippen LogP contribution in [0.25, 0.3) is 0 Å². The number of benzene rings is 1. The third kappa shape index (κ3) is 2.48. The normalized spacial score (nSPS) is 10.1. The van der Waals surface area contributed by atoms with Crippen LogP contribution >= 0.6 is 0 Å². The Morgan fingerprint density at radius 2 is 2.31 bits per heavy atom. The maximum atomic E-state index is 10.6. The van der Waals surface area contributed by atoms with Gasteiger partial charge in [0.1, 0.15) is 18.6 Å². The largest absolute Gasteiger partial charge is 0.487 e. The minimum absolute atomic E-state index is 0.406. The average molecular weight is 216 g/mol. The van der Waals surface area contributed by atoms with E-state index in [9.17, 15) is 4.79 Å². The molecule has 16 heavy (non-hydrogen) atoms. The van der Waals surface area contributed by atoms with Crippen molar-refractivity contribution in [2.75, 3.05) is 0 Å². The molecule has 2 aromatic rings. The molecule has 0 fully saturated rings. The van der Waals surface area contributed by atoms with E-state index in [4.69, 9.17) is 4.74 Å². The van der Waals surface area contributed by atoms with Crippen molar-refractivity contribution in [2.24, 2.45) is 7.05 Å². The molecule has 0 spiro atoms. The van der Waals surface area contributed by atoms with E-state index in [1.807, 2.05) is 25.4 Å². The molecule has 1 heterocycles. The van der Waals surface area contributed by atoms with Gasteiger partial charge in [0, 0.05) is 18.8 Å². The summed E-state index contributed by atoms with van der Waals surface area (Å²) >= 11 is 0. The molecule has 0 aliphatic carbocycles. The monoisotopic (exact) mass is 216 g/mol. The molecule has 0 N–H and O–H groups in total. The van der Waals surface area contributed by atoms with Crippen molar-refractivity contribution in [3.63, 3.8) is 0 Å². The molecule has 0 aliphatic heterocycles. The molecule has 1 aromatic carbocycles. The summed E-state index contributed by atoms with van der Waals surface area (Å²) in [6.45, 7) is 0.406. The van der Waals surface area contributed by atoms with Gasteiger partial charge in [0.15, 0.2) is 0 Å². The van der Waals surface area contributed by atoms with E-state index in [0.29, 0.717) is 17.9 Å². The van der Waals surface area contributed by atoms with Crippen LogP contribution in [0.2, 0.25) is 0 Å². The lowest BCUT2D eigenvalue weighted by Crippen LogP contribution is -1.98. The first-order valence-corrected chi connectivity index (χ1v) is 4.94. The molecule has 4 nitrogen and oxygen atoms in total. The van der Waals surface area contributed by atoms with Crippen LogP contribution in [-0.4, -0.2) is 16.1 Å². The highest BCUT2D eigenvalue weighted by Crippen LogP contribution is 2.13. The molecule has 0 aliphatic rings. The fourth-order valence-corrected chi connectivity index (χ4v) is 1.38. The van der Waals surface area contributed by atoms with Crippen molar-refractivity contribution in [3.05, 3.63) is 47.8 Å². The van der Waals surface area contributed by atoms with Gasteiger partial charge in [-0.05, 0) is 18.2 Å². The predicted octanol–water partition coefficient (Wildman–Crippen LogP) is 1.81. The number of carbonyl (C=O) groups is 1. The third-order valence-corrected chi connectivity index (χ3v) is 2.15. The lowest BCUT2D eigenvalue weighted by Gasteiger charge is -2.04. The molecule has 0 saturated heterocycles. The Hall–Kier alpha value is -2.10. The van der Waals surface area contributed by atoms with Gasteiger partial charge in [-0.1, -0.05) is 12.1 Å². The molecule has 1 aromatic heterocycles. The summed E-state index contributed by atoms with van der Waals surface area (Å²) in [6, 6.07) is 8.94. The van der Waals surface area contributed by atoms with Crippen LogP contribution < -0.4 is 4.74 Å². The summed E-state index contributed by atoms with van der Waals surface area (Å²) in [5.41, 5.74) is 1.47. The number of ether oxygens (including phenoxy) is 1. The van der Waals surface area contributed by atoms with Crippen LogP contribution in [0.15, 0.2) is 36.5 Å². The number of rotatable bonds is 4. The molecule has 0 amide bonds. The highest BCUT2D eigenvalue weighted by atomic mass is 16.5. The Labute approximate surface area is 93.5 Å². The molecular weight excluding hydrogens is 204 g/mol. The maximum absolute atomic E-state index is 10.6. The molecular formula is C12H12N2O2. The summed E-state index contributed by atoms with van der Waals surface area (Å²) < 4.78 is 7.24. The van der Waals surface area contributed by atoms with E-state index in [2.05, 4.69) is 5.10 Å². The fourth-order valence-electron chi connectivity index (χ4n) is 1.38. The number of hydrogen-bond donors (Lipinski definition) is 0. The number of nitrogens with zero attached hydrogens (tertiary/aromatic N) is 2. The third-order valence-electron chi connectivity index (χ3n) is 2.15. The minimum atomic E-state index is 0.406. The first-order valence-electron chi connectivity index (χ1n) is 4.94. The van der Waals surface area contributed by atoms with Crippen LogP contribution in [0.5, 0.6) is 5.75 Å². The molecule has 4 heteroatoms. The van der Waals surface area contributed by atoms with Crippen LogP contribution in [0.3, 0.4) is 0 Å². The fraction of sp³-hybridized carbons (Fsp3) is 0.167. The molecule has 2 rings (SSSR count). The van der Waals surface area contributed by atoms with Crippen LogP contribution in [0.1, 0.15) is 16.1 Å². The zero-order valence-corrected chi connectivity index (χ0v) is 8.96. The summed E-state index contributed by atoms with van der Waals surface area (Å²) in [5.74, 6) is 0.676. The van der Waals surface area contributed by atoms with E-state index in [-0.39, 0.29) is 0 Å². The van der Waals surface area contributed by atoms with Crippen LogP contribution in [0.4, 0.5) is 0 Å². The van der Waals surface area contributed by atoms with Gasteiger partial charge in [0.25, 0.3) is 0 Å². The lowest BCUT2D eigenvalue weighted by atomic mass is 10.2. The minimum Gasteiger partial charge on any atom is -0.487 e. The van der Waals surface area contributed by atoms with Gasteiger partial charge < -0.3 is 4.74 Å². The van der Waals surface area contributed by atoms with E-state index in [0.717, 1.165) is 12.0 Å². The number of aryl methyl sites for hydroxylation is 1. The van der Waals surface area contributed by atoms with E-state index < -0.39 is 0 Å². The first kappa shape index (κ1) is 10.4. The second-order valence-electron chi connectivity index (χ2n) is 3.46. The SMILES string of the molecule is Cn1ccc(COc2cccc(C=O)c2)n1. The smallest absolute Gasteiger partial charge is 0.150 e. The molecule has 0 saturated carbocycles. The zero-order valence-electron chi connectivity index (χ0n) is 8.96. The van der Waals surface area contributed by atoms with Gasteiger partial charge in [0.2, 0.25) is 0 Å². The molecule has 0 radical (unpaired) electrons. The summed E-state index contributed by atoms with van der Waals surface area (Å²) in [7, 11) is 1.86. The lowest BCUT2D eigenvalue weighted by molar-refractivity contribution is 0.112. The van der Waals surface area contributed by atoms with Gasteiger partial charge in [-0.25, -0.2) is 0 Å². The van der Waals surface area contributed by atoms with Crippen molar-refractivity contribution < 1.29 is 9.53 Å². The number of aldehydes is 1. The van der Waals surface area contributed by atoms with Gasteiger partial charge in [-0.15, -0.1) is 0 Å². The zero-order chi connectivity index (χ0) is 11.4. The van der Waals surface area contributed by atoms with Gasteiger partial charge in [-0.2, -0.15) is 5.10 Å². The average Bonchev–Trinajstić information content (AvgIpc) is 2.73. The second kappa shape index (κ2) is 4.61. The Morgan fingerprint density at radius 3 is 3.00 bits per heavy atom. The molecule has 0 atom stereocenters. The Morgan fingerprint density at radius 1 is 1.44 bits per heavy atom. The first-order chi connectivity index (χ1) is 7.78. The van der Waals surface area contributed by atoms with E-state index in [1.165, 1.54) is 0 Å². The predicted molar refractivity (Wildman–Crippen MR) is 59.4 cm³/mol. The Kier molecular flexibility index (Phi) is 3.00. The van der Waals surface area contributed by atoms with Crippen molar-refractivity contribution in [1.29, 1.82) is 0 Å². The Bertz CT molecular complexity index is 491. The van der Waals surface area contributed by atoms with Gasteiger partial charge in [-0.3, -0.25) is 9.48 Å². The highest BCUT2D eigenvalue weighted by Gasteiger charge is 1.99. The Balaban J connectivity index is 2.01.